The van der Waals surface area contributed by atoms with Gasteiger partial charge in [-0.25, -0.2) is 0 Å². The van der Waals surface area contributed by atoms with E-state index >= 15 is 0 Å². The number of aliphatic hydroxyl groups excluding tert-OH is 1. The van der Waals surface area contributed by atoms with E-state index in [1.807, 2.05) is 52.8 Å². The second-order valence-electron chi connectivity index (χ2n) is 12.6. The van der Waals surface area contributed by atoms with Crippen LogP contribution >= 0.6 is 0 Å². The van der Waals surface area contributed by atoms with Crippen molar-refractivity contribution >= 4 is 29.1 Å². The van der Waals surface area contributed by atoms with Crippen LogP contribution in [0.4, 0.5) is 11.4 Å². The number of likely N-dealkylation sites (tertiary alicyclic amines) is 1. The van der Waals surface area contributed by atoms with Crippen molar-refractivity contribution in [2.75, 3.05) is 30.4 Å². The van der Waals surface area contributed by atoms with Crippen LogP contribution in [0.1, 0.15) is 64.0 Å². The number of hydrogen-bond acceptors (Lipinski definition) is 6. The predicted octanol–water partition coefficient (Wildman–Crippen LogP) is 4.84. The van der Waals surface area contributed by atoms with Crippen LogP contribution in [0.3, 0.4) is 0 Å². The maximum Gasteiger partial charge on any atom is 0.250 e. The first-order valence-corrected chi connectivity index (χ1v) is 15.6. The maximum atomic E-state index is 14.3. The Kier molecular flexibility index (Phi) is 8.86. The van der Waals surface area contributed by atoms with Crippen LogP contribution in [0.2, 0.25) is 0 Å². The van der Waals surface area contributed by atoms with Gasteiger partial charge in [0.25, 0.3) is 0 Å². The SMILES string of the molecule is CCOc1ccc(NC(=O)[C@H]2[C@H]3C(=O)N(CCCCCCO)C(C(=O)Nc4cc(C)ccc4C)C34CC(C)[C@]2(C)O4)cc1. The molecular formula is C34H45N3O6. The fraction of sp³-hybridized carbons (Fsp3) is 0.559. The molecule has 3 heterocycles. The van der Waals surface area contributed by atoms with Crippen molar-refractivity contribution in [1.82, 2.24) is 4.90 Å². The molecule has 6 atom stereocenters. The third-order valence-electron chi connectivity index (χ3n) is 9.74. The van der Waals surface area contributed by atoms with Gasteiger partial charge < -0.3 is 30.1 Å². The summed E-state index contributed by atoms with van der Waals surface area (Å²) in [4.78, 5) is 44.3. The number of carbonyl (C=O) groups excluding carboxylic acids is 3. The van der Waals surface area contributed by atoms with E-state index in [0.29, 0.717) is 49.5 Å². The van der Waals surface area contributed by atoms with Gasteiger partial charge in [-0.1, -0.05) is 31.9 Å². The third kappa shape index (κ3) is 5.53. The molecule has 5 rings (SSSR count). The molecule has 3 amide bonds. The number of fused-ring (bicyclic) bond motifs is 1. The van der Waals surface area contributed by atoms with Crippen LogP contribution in [0, 0.1) is 31.6 Å². The van der Waals surface area contributed by atoms with Gasteiger partial charge in [0.05, 0.1) is 24.0 Å². The van der Waals surface area contributed by atoms with E-state index in [0.717, 1.165) is 24.0 Å². The molecule has 0 aromatic heterocycles. The Hall–Kier alpha value is -3.43. The van der Waals surface area contributed by atoms with Crippen LogP contribution < -0.4 is 15.4 Å². The minimum atomic E-state index is -1.11. The van der Waals surface area contributed by atoms with Gasteiger partial charge >= 0.3 is 0 Å². The number of ether oxygens (including phenoxy) is 2. The van der Waals surface area contributed by atoms with E-state index < -0.39 is 29.1 Å². The van der Waals surface area contributed by atoms with Gasteiger partial charge in [-0.2, -0.15) is 0 Å². The zero-order chi connectivity index (χ0) is 30.9. The summed E-state index contributed by atoms with van der Waals surface area (Å²) in [5.41, 5.74) is 1.25. The molecule has 0 aliphatic carbocycles. The molecule has 3 saturated heterocycles. The summed E-state index contributed by atoms with van der Waals surface area (Å²) in [6, 6.07) is 12.2. The lowest BCUT2D eigenvalue weighted by molar-refractivity contribution is -0.144. The van der Waals surface area contributed by atoms with Crippen molar-refractivity contribution in [3.8, 4) is 5.75 Å². The van der Waals surface area contributed by atoms with Crippen molar-refractivity contribution in [2.45, 2.75) is 84.0 Å². The Morgan fingerprint density at radius 2 is 1.77 bits per heavy atom. The van der Waals surface area contributed by atoms with Crippen molar-refractivity contribution < 1.29 is 29.0 Å². The Morgan fingerprint density at radius 1 is 1.05 bits per heavy atom. The number of benzene rings is 2. The molecule has 0 saturated carbocycles. The largest absolute Gasteiger partial charge is 0.494 e. The quantitative estimate of drug-likeness (QED) is 0.304. The lowest BCUT2D eigenvalue weighted by atomic mass is 9.62. The number of unbranched alkanes of at least 4 members (excludes halogenated alkanes) is 3. The first-order valence-electron chi connectivity index (χ1n) is 15.6. The lowest BCUT2D eigenvalue weighted by Crippen LogP contribution is -2.54. The number of anilines is 2. The summed E-state index contributed by atoms with van der Waals surface area (Å²) in [6.07, 6.45) is 3.56. The topological polar surface area (TPSA) is 117 Å². The molecule has 1 spiro atoms. The molecule has 3 N–H and O–H groups in total. The van der Waals surface area contributed by atoms with Gasteiger partial charge in [-0.3, -0.25) is 14.4 Å². The molecule has 43 heavy (non-hydrogen) atoms. The summed E-state index contributed by atoms with van der Waals surface area (Å²) in [6.45, 7) is 10.8. The zero-order valence-corrected chi connectivity index (χ0v) is 25.9. The van der Waals surface area contributed by atoms with Crippen LogP contribution in [0.25, 0.3) is 0 Å². The van der Waals surface area contributed by atoms with Crippen LogP contribution in [0.15, 0.2) is 42.5 Å². The van der Waals surface area contributed by atoms with Gasteiger partial charge in [-0.15, -0.1) is 0 Å². The maximum absolute atomic E-state index is 14.3. The highest BCUT2D eigenvalue weighted by Gasteiger charge is 2.79. The monoisotopic (exact) mass is 591 g/mol. The first-order chi connectivity index (χ1) is 20.6. The molecule has 2 aromatic carbocycles. The van der Waals surface area contributed by atoms with Gasteiger partial charge in [0.15, 0.2) is 0 Å². The van der Waals surface area contributed by atoms with Gasteiger partial charge in [0.1, 0.15) is 17.4 Å². The Bertz CT molecular complexity index is 1360. The van der Waals surface area contributed by atoms with Crippen molar-refractivity contribution in [2.24, 2.45) is 17.8 Å². The minimum absolute atomic E-state index is 0.0480. The number of aliphatic hydroxyl groups is 1. The smallest absolute Gasteiger partial charge is 0.250 e. The summed E-state index contributed by atoms with van der Waals surface area (Å²) in [7, 11) is 0. The highest BCUT2D eigenvalue weighted by atomic mass is 16.5. The van der Waals surface area contributed by atoms with E-state index in [4.69, 9.17) is 9.47 Å². The second kappa shape index (κ2) is 12.3. The van der Waals surface area contributed by atoms with E-state index in [2.05, 4.69) is 10.6 Å². The molecule has 2 aromatic rings. The number of rotatable bonds is 12. The fourth-order valence-corrected chi connectivity index (χ4v) is 7.52. The number of aryl methyl sites for hydroxylation is 2. The zero-order valence-electron chi connectivity index (χ0n) is 25.9. The standard InChI is InChI=1S/C34H45N3O6/c1-6-42-25-15-13-24(14-16-25)35-30(39)27-28-32(41)37(17-9-7-8-10-18-38)29(34(28)20-23(4)33(27,5)43-34)31(40)36-26-19-21(2)11-12-22(26)3/h11-16,19,23,27-29,38H,6-10,17-18,20H2,1-5H3,(H,35,39)(H,36,40)/t23?,27-,28+,29?,33+,34?/m1/s1. The third-order valence-corrected chi connectivity index (χ3v) is 9.74. The fourth-order valence-electron chi connectivity index (χ4n) is 7.52. The van der Waals surface area contributed by atoms with E-state index in [1.54, 1.807) is 29.2 Å². The molecule has 2 bridgehead atoms. The summed E-state index contributed by atoms with van der Waals surface area (Å²) in [5.74, 6) is -1.64. The van der Waals surface area contributed by atoms with Crippen molar-refractivity contribution in [3.63, 3.8) is 0 Å². The van der Waals surface area contributed by atoms with Crippen LogP contribution in [0.5, 0.6) is 5.75 Å². The number of hydrogen-bond donors (Lipinski definition) is 3. The van der Waals surface area contributed by atoms with Crippen molar-refractivity contribution in [1.29, 1.82) is 0 Å². The summed E-state index contributed by atoms with van der Waals surface area (Å²) in [5, 5.41) is 15.3. The molecule has 9 heteroatoms. The van der Waals surface area contributed by atoms with Crippen molar-refractivity contribution in [3.05, 3.63) is 53.6 Å². The lowest BCUT2D eigenvalue weighted by Gasteiger charge is -2.36. The number of amides is 3. The van der Waals surface area contributed by atoms with Gasteiger partial charge in [0.2, 0.25) is 17.7 Å². The normalized spacial score (nSPS) is 29.1. The molecule has 9 nitrogen and oxygen atoms in total. The average Bonchev–Trinajstić information content (AvgIpc) is 3.48. The Balaban J connectivity index is 1.47. The summed E-state index contributed by atoms with van der Waals surface area (Å²) < 4.78 is 12.4. The number of nitrogens with one attached hydrogen (secondary N) is 2. The summed E-state index contributed by atoms with van der Waals surface area (Å²) >= 11 is 0. The van der Waals surface area contributed by atoms with Crippen LogP contribution in [-0.4, -0.2) is 64.7 Å². The molecule has 3 fully saturated rings. The highest BCUT2D eigenvalue weighted by Crippen LogP contribution is 2.65. The number of nitrogens with zero attached hydrogens (tertiary/aromatic N) is 1. The minimum Gasteiger partial charge on any atom is -0.494 e. The number of carbonyl (C=O) groups is 3. The van der Waals surface area contributed by atoms with E-state index in [-0.39, 0.29) is 30.2 Å². The molecule has 3 aliphatic rings. The average molecular weight is 592 g/mol. The second-order valence-corrected chi connectivity index (χ2v) is 12.6. The van der Waals surface area contributed by atoms with E-state index in [9.17, 15) is 19.5 Å². The Morgan fingerprint density at radius 3 is 2.47 bits per heavy atom. The highest BCUT2D eigenvalue weighted by molar-refractivity contribution is 6.05. The van der Waals surface area contributed by atoms with Gasteiger partial charge in [-0.05, 0) is 94.3 Å². The molecule has 3 aliphatic heterocycles. The van der Waals surface area contributed by atoms with Gasteiger partial charge in [0, 0.05) is 24.5 Å². The molecule has 0 radical (unpaired) electrons. The molecule has 3 unspecified atom stereocenters. The molecular weight excluding hydrogens is 546 g/mol. The molecule has 232 valence electrons. The first kappa shape index (κ1) is 31.0. The predicted molar refractivity (Wildman–Crippen MR) is 165 cm³/mol. The van der Waals surface area contributed by atoms with E-state index in [1.165, 1.54) is 0 Å². The Labute approximate surface area is 254 Å². The van der Waals surface area contributed by atoms with Crippen LogP contribution in [-0.2, 0) is 19.1 Å².